The largest absolute Gasteiger partial charge is 0.311 e. The molecule has 0 unspecified atom stereocenters. The molecule has 0 spiro atoms. The molecule has 2 aliphatic heterocycles. The normalized spacial score (nSPS) is 12.7. The second kappa shape index (κ2) is 22.3. The Morgan fingerprint density at radius 3 is 1.22 bits per heavy atom. The lowest BCUT2D eigenvalue weighted by molar-refractivity contribution is 0.590. The predicted octanol–water partition coefficient (Wildman–Crippen LogP) is 22.6. The van der Waals surface area contributed by atoms with Crippen LogP contribution in [0.3, 0.4) is 0 Å². The highest BCUT2D eigenvalue weighted by Crippen LogP contribution is 2.54. The van der Waals surface area contributed by atoms with Gasteiger partial charge in [0.25, 0.3) is 6.71 Å². The van der Waals surface area contributed by atoms with E-state index >= 15 is 0 Å². The number of nitrogens with zero attached hydrogens (tertiary/aromatic N) is 3. The molecule has 4 heteroatoms. The van der Waals surface area contributed by atoms with Crippen LogP contribution in [0.25, 0.3) is 105 Å². The Balaban J connectivity index is 1.08. The van der Waals surface area contributed by atoms with Crippen molar-refractivity contribution in [1.29, 1.82) is 0 Å². The number of hydrogen-bond acceptors (Lipinski definition) is 2. The Morgan fingerprint density at radius 2 is 0.702 bits per heavy atom. The van der Waals surface area contributed by atoms with E-state index in [9.17, 15) is 0 Å². The van der Waals surface area contributed by atoms with E-state index in [0.717, 1.165) is 78.8 Å². The minimum atomic E-state index is -0.269. The smallest absolute Gasteiger partial charge is 0.252 e. The van der Waals surface area contributed by atoms with Crippen LogP contribution in [-0.2, 0) is 10.8 Å². The van der Waals surface area contributed by atoms with Gasteiger partial charge < -0.3 is 14.4 Å². The molecule has 1 aromatic heterocycles. The zero-order valence-electron chi connectivity index (χ0n) is 53.9. The lowest BCUT2D eigenvalue weighted by atomic mass is 9.33. The van der Waals surface area contributed by atoms with Gasteiger partial charge in [0.2, 0.25) is 0 Å². The van der Waals surface area contributed by atoms with Crippen molar-refractivity contribution in [2.75, 3.05) is 9.80 Å². The van der Waals surface area contributed by atoms with Gasteiger partial charge in [-0.3, -0.25) is 0 Å². The van der Waals surface area contributed by atoms with E-state index in [1.807, 2.05) is 0 Å². The van der Waals surface area contributed by atoms with Crippen LogP contribution >= 0.6 is 0 Å². The molecule has 0 aliphatic carbocycles. The van der Waals surface area contributed by atoms with Crippen LogP contribution in [0, 0.1) is 0 Å². The van der Waals surface area contributed by atoms with Crippen molar-refractivity contribution in [1.82, 2.24) is 4.57 Å². The summed E-state index contributed by atoms with van der Waals surface area (Å²) in [6, 6.07) is 119. The molecule has 15 aromatic rings. The Morgan fingerprint density at radius 1 is 0.266 bits per heavy atom. The third-order valence-electron chi connectivity index (χ3n) is 19.8. The van der Waals surface area contributed by atoms with E-state index in [0.29, 0.717) is 0 Å². The zero-order valence-corrected chi connectivity index (χ0v) is 53.9. The fraction of sp³-hybridized carbons (Fsp3) is 0.0889. The Kier molecular flexibility index (Phi) is 13.5. The van der Waals surface area contributed by atoms with Gasteiger partial charge >= 0.3 is 0 Å². The van der Waals surface area contributed by atoms with Gasteiger partial charge in [-0.2, -0.15) is 0 Å². The lowest BCUT2D eigenvalue weighted by Crippen LogP contribution is -2.61. The number of rotatable bonds is 9. The molecule has 0 N–H and O–H groups in total. The number of benzene rings is 14. The van der Waals surface area contributed by atoms with Crippen LogP contribution in [-0.4, -0.2) is 11.3 Å². The van der Waals surface area contributed by atoms with Gasteiger partial charge in [0, 0.05) is 55.9 Å². The molecule has 94 heavy (non-hydrogen) atoms. The highest BCUT2D eigenvalue weighted by atomic mass is 15.2. The molecule has 448 valence electrons. The molecule has 3 nitrogen and oxygen atoms in total. The fourth-order valence-corrected chi connectivity index (χ4v) is 15.2. The molecule has 0 saturated carbocycles. The molecule has 0 saturated heterocycles. The standard InChI is InChI=1S/C90H70BN3/c1-89(2,3)68-46-44-59(45-47-68)67-52-85-87-86(53-67)94(88-76(63-34-18-10-19-35-63)54-69(90(4,5)6)55-77(88)64-36-20-11-21-37-64)82-49-48-70(92-80-42-26-24-40-71(80)72-41-25-27-43-81(72)92)56-78(82)91(87)79-57-73(60-28-12-7-13-29-60)74(61-30-14-8-15-31-61)58-84(79)93(85)83-51-66-39-23-22-38-65(66)50-75(83)62-32-16-9-17-33-62/h7-58H,1-6H3. The minimum Gasteiger partial charge on any atom is -0.311 e. The topological polar surface area (TPSA) is 11.4 Å². The molecule has 14 aromatic carbocycles. The van der Waals surface area contributed by atoms with E-state index in [4.69, 9.17) is 0 Å². The van der Waals surface area contributed by atoms with Crippen molar-refractivity contribution < 1.29 is 0 Å². The van der Waals surface area contributed by atoms with Crippen LogP contribution in [0.15, 0.2) is 315 Å². The fourth-order valence-electron chi connectivity index (χ4n) is 15.2. The van der Waals surface area contributed by atoms with E-state index in [2.05, 4.69) is 371 Å². The molecule has 0 radical (unpaired) electrons. The predicted molar refractivity (Wildman–Crippen MR) is 402 cm³/mol. The second-order valence-corrected chi connectivity index (χ2v) is 27.6. The Bertz CT molecular complexity index is 5320. The molecule has 0 amide bonds. The van der Waals surface area contributed by atoms with Crippen molar-refractivity contribution >= 4 is 89.8 Å². The maximum Gasteiger partial charge on any atom is 0.252 e. The summed E-state index contributed by atoms with van der Waals surface area (Å²) in [5.74, 6) is 0. The minimum absolute atomic E-state index is 0.0351. The van der Waals surface area contributed by atoms with Crippen LogP contribution in [0.4, 0.5) is 34.1 Å². The number of hydrogen-bond donors (Lipinski definition) is 0. The average molecular weight is 1200 g/mol. The first kappa shape index (κ1) is 56.8. The Labute approximate surface area is 552 Å². The first-order chi connectivity index (χ1) is 45.9. The number of para-hydroxylation sites is 2. The van der Waals surface area contributed by atoms with E-state index in [1.54, 1.807) is 0 Å². The third kappa shape index (κ3) is 9.50. The van der Waals surface area contributed by atoms with E-state index in [1.165, 1.54) is 87.9 Å². The summed E-state index contributed by atoms with van der Waals surface area (Å²) in [7, 11) is 0. The third-order valence-corrected chi connectivity index (χ3v) is 19.8. The van der Waals surface area contributed by atoms with Crippen LogP contribution in [0.5, 0.6) is 0 Å². The highest BCUT2D eigenvalue weighted by molar-refractivity contribution is 7.00. The van der Waals surface area contributed by atoms with Gasteiger partial charge in [-0.05, 0) is 172 Å². The van der Waals surface area contributed by atoms with Crippen LogP contribution in [0.2, 0.25) is 0 Å². The maximum atomic E-state index is 2.70. The summed E-state index contributed by atoms with van der Waals surface area (Å²) >= 11 is 0. The van der Waals surface area contributed by atoms with Crippen molar-refractivity contribution in [2.24, 2.45) is 0 Å². The molecule has 0 atom stereocenters. The number of aromatic nitrogens is 1. The SMILES string of the molecule is CC(C)(C)c1ccc(-c2cc3c4c(c2)N(c2c(-c5ccccc5)cc(C(C)(C)C)cc2-c2ccccc2)c2ccc(-n5c6ccccc6c6ccccc65)cc2B4c2cc(-c4ccccc4)c(-c4ccccc4)cc2N3c2cc3ccccc3cc2-c2ccccc2)cc1. The summed E-state index contributed by atoms with van der Waals surface area (Å²) in [5, 5.41) is 4.83. The summed E-state index contributed by atoms with van der Waals surface area (Å²) < 4.78 is 2.50. The zero-order chi connectivity index (χ0) is 63.4. The van der Waals surface area contributed by atoms with Crippen molar-refractivity contribution in [2.45, 2.75) is 52.4 Å². The first-order valence-electron chi connectivity index (χ1n) is 33.1. The quantitative estimate of drug-likeness (QED) is 0.133. The van der Waals surface area contributed by atoms with Crippen molar-refractivity contribution in [3.05, 3.63) is 327 Å². The van der Waals surface area contributed by atoms with Gasteiger partial charge in [-0.15, -0.1) is 0 Å². The molecule has 3 heterocycles. The van der Waals surface area contributed by atoms with Gasteiger partial charge in [0.15, 0.2) is 0 Å². The van der Waals surface area contributed by atoms with Crippen molar-refractivity contribution in [3.8, 4) is 72.4 Å². The molecular weight excluding hydrogens is 1130 g/mol. The van der Waals surface area contributed by atoms with Gasteiger partial charge in [0.05, 0.1) is 22.4 Å². The summed E-state index contributed by atoms with van der Waals surface area (Å²) in [6.07, 6.45) is 0. The summed E-state index contributed by atoms with van der Waals surface area (Å²) in [4.78, 5) is 5.37. The van der Waals surface area contributed by atoms with Gasteiger partial charge in [-0.25, -0.2) is 0 Å². The Hall–Kier alpha value is -11.2. The van der Waals surface area contributed by atoms with E-state index < -0.39 is 0 Å². The molecule has 0 fully saturated rings. The number of anilines is 6. The summed E-state index contributed by atoms with van der Waals surface area (Å²) in [6.45, 7) is 13.7. The monoisotopic (exact) mass is 1200 g/mol. The van der Waals surface area contributed by atoms with Crippen LogP contribution in [0.1, 0.15) is 52.7 Å². The van der Waals surface area contributed by atoms with Crippen molar-refractivity contribution in [3.63, 3.8) is 0 Å². The van der Waals surface area contributed by atoms with Gasteiger partial charge in [-0.1, -0.05) is 284 Å². The lowest BCUT2D eigenvalue weighted by Gasteiger charge is -2.46. The van der Waals surface area contributed by atoms with Gasteiger partial charge in [0.1, 0.15) is 0 Å². The summed E-state index contributed by atoms with van der Waals surface area (Å²) in [5.41, 5.74) is 30.3. The molecule has 17 rings (SSSR count). The van der Waals surface area contributed by atoms with Crippen LogP contribution < -0.4 is 26.2 Å². The maximum absolute atomic E-state index is 2.70. The number of fused-ring (bicyclic) bond motifs is 8. The molecular formula is C90H70BN3. The average Bonchev–Trinajstić information content (AvgIpc) is 0.825. The molecule has 2 aliphatic rings. The highest BCUT2D eigenvalue weighted by Gasteiger charge is 2.46. The first-order valence-corrected chi connectivity index (χ1v) is 33.1. The van der Waals surface area contributed by atoms with E-state index in [-0.39, 0.29) is 17.5 Å². The second-order valence-electron chi connectivity index (χ2n) is 27.6. The molecule has 0 bridgehead atoms.